The van der Waals surface area contributed by atoms with E-state index in [0.29, 0.717) is 0 Å². The van der Waals surface area contributed by atoms with E-state index in [1.807, 2.05) is 0 Å². The molecule has 0 aliphatic carbocycles. The van der Waals surface area contributed by atoms with Crippen LogP contribution in [0.4, 0.5) is 11.4 Å². The van der Waals surface area contributed by atoms with Crippen LogP contribution >= 0.6 is 0 Å². The van der Waals surface area contributed by atoms with Gasteiger partial charge >= 0.3 is 0 Å². The minimum atomic E-state index is 1.08. The van der Waals surface area contributed by atoms with Crippen LogP contribution in [0.25, 0.3) is 33.4 Å². The SMILES string of the molecule is Cc1cc(Nc2cccc(-c3ccccc3-c3ccccc3)c2)cc(-c2ccccc2)c1. The fourth-order valence-electron chi connectivity index (χ4n) is 4.19. The second kappa shape index (κ2) is 8.95. The number of nitrogens with one attached hydrogen (secondary N) is 1. The van der Waals surface area contributed by atoms with E-state index in [9.17, 15) is 0 Å². The van der Waals surface area contributed by atoms with Gasteiger partial charge in [-0.05, 0) is 70.1 Å². The number of benzene rings is 5. The molecule has 0 atom stereocenters. The molecule has 0 aliphatic rings. The molecule has 1 heteroatoms. The Hall–Kier alpha value is -4.10. The first-order valence-electron chi connectivity index (χ1n) is 11.0. The molecule has 0 fully saturated rings. The van der Waals surface area contributed by atoms with Crippen LogP contribution in [0, 0.1) is 6.92 Å². The van der Waals surface area contributed by atoms with E-state index in [1.165, 1.54) is 38.9 Å². The lowest BCUT2D eigenvalue weighted by Gasteiger charge is -2.14. The van der Waals surface area contributed by atoms with Gasteiger partial charge in [0.1, 0.15) is 0 Å². The van der Waals surface area contributed by atoms with Crippen LogP contribution in [-0.4, -0.2) is 0 Å². The van der Waals surface area contributed by atoms with Crippen molar-refractivity contribution < 1.29 is 0 Å². The van der Waals surface area contributed by atoms with E-state index < -0.39 is 0 Å². The fourth-order valence-corrected chi connectivity index (χ4v) is 4.19. The number of hydrogen-bond acceptors (Lipinski definition) is 1. The molecular weight excluding hydrogens is 386 g/mol. The molecule has 0 radical (unpaired) electrons. The van der Waals surface area contributed by atoms with Gasteiger partial charge in [-0.25, -0.2) is 0 Å². The lowest BCUT2D eigenvalue weighted by molar-refractivity contribution is 1.44. The zero-order chi connectivity index (χ0) is 21.8. The van der Waals surface area contributed by atoms with E-state index in [1.54, 1.807) is 0 Å². The molecule has 0 heterocycles. The van der Waals surface area contributed by atoms with Crippen molar-refractivity contribution in [3.8, 4) is 33.4 Å². The van der Waals surface area contributed by atoms with Crippen molar-refractivity contribution in [1.82, 2.24) is 0 Å². The van der Waals surface area contributed by atoms with Crippen molar-refractivity contribution in [3.63, 3.8) is 0 Å². The highest BCUT2D eigenvalue weighted by Gasteiger charge is 2.08. The third kappa shape index (κ3) is 4.33. The van der Waals surface area contributed by atoms with Gasteiger partial charge < -0.3 is 5.32 Å². The van der Waals surface area contributed by atoms with E-state index >= 15 is 0 Å². The van der Waals surface area contributed by atoms with Gasteiger partial charge in [0.25, 0.3) is 0 Å². The van der Waals surface area contributed by atoms with Crippen LogP contribution in [0.2, 0.25) is 0 Å². The highest BCUT2D eigenvalue weighted by molar-refractivity contribution is 5.85. The van der Waals surface area contributed by atoms with Crippen LogP contribution in [0.3, 0.4) is 0 Å². The molecule has 154 valence electrons. The molecule has 0 spiro atoms. The second-order valence-electron chi connectivity index (χ2n) is 8.07. The Morgan fingerprint density at radius 1 is 0.406 bits per heavy atom. The highest BCUT2D eigenvalue weighted by Crippen LogP contribution is 2.34. The van der Waals surface area contributed by atoms with Crippen LogP contribution in [0.15, 0.2) is 127 Å². The quantitative estimate of drug-likeness (QED) is 0.305. The van der Waals surface area contributed by atoms with E-state index in [-0.39, 0.29) is 0 Å². The number of hydrogen-bond donors (Lipinski definition) is 1. The molecule has 0 aromatic heterocycles. The Morgan fingerprint density at radius 2 is 0.969 bits per heavy atom. The molecule has 0 unspecified atom stereocenters. The summed E-state index contributed by atoms with van der Waals surface area (Å²) in [5.41, 5.74) is 10.8. The average Bonchev–Trinajstić information content (AvgIpc) is 2.85. The molecule has 5 aromatic carbocycles. The summed E-state index contributed by atoms with van der Waals surface area (Å²) in [5, 5.41) is 3.62. The van der Waals surface area contributed by atoms with Gasteiger partial charge in [0.2, 0.25) is 0 Å². The Labute approximate surface area is 190 Å². The van der Waals surface area contributed by atoms with Gasteiger partial charge in [0.15, 0.2) is 0 Å². The molecule has 0 saturated heterocycles. The highest BCUT2D eigenvalue weighted by atomic mass is 14.9. The largest absolute Gasteiger partial charge is 0.355 e. The Kier molecular flexibility index (Phi) is 5.55. The Morgan fingerprint density at radius 3 is 1.69 bits per heavy atom. The van der Waals surface area contributed by atoms with Gasteiger partial charge in [-0.3, -0.25) is 0 Å². The van der Waals surface area contributed by atoms with Gasteiger partial charge in [0, 0.05) is 11.4 Å². The monoisotopic (exact) mass is 411 g/mol. The maximum Gasteiger partial charge on any atom is 0.0393 e. The summed E-state index contributed by atoms with van der Waals surface area (Å²) in [5.74, 6) is 0. The van der Waals surface area contributed by atoms with Gasteiger partial charge in [-0.1, -0.05) is 103 Å². The van der Waals surface area contributed by atoms with Gasteiger partial charge in [-0.2, -0.15) is 0 Å². The first-order valence-corrected chi connectivity index (χ1v) is 11.0. The number of rotatable bonds is 5. The van der Waals surface area contributed by atoms with E-state index in [2.05, 4.69) is 140 Å². The molecule has 5 rings (SSSR count). The van der Waals surface area contributed by atoms with Crippen LogP contribution in [0.5, 0.6) is 0 Å². The normalized spacial score (nSPS) is 10.7. The summed E-state index contributed by atoms with van der Waals surface area (Å²) in [4.78, 5) is 0. The summed E-state index contributed by atoms with van der Waals surface area (Å²) < 4.78 is 0. The van der Waals surface area contributed by atoms with Crippen LogP contribution < -0.4 is 5.32 Å². The predicted octanol–water partition coefficient (Wildman–Crippen LogP) is 8.74. The summed E-state index contributed by atoms with van der Waals surface area (Å²) in [6, 6.07) is 45.0. The Bertz CT molecular complexity index is 1340. The minimum absolute atomic E-state index is 1.08. The molecule has 0 amide bonds. The summed E-state index contributed by atoms with van der Waals surface area (Å²) >= 11 is 0. The first kappa shape index (κ1) is 19.8. The first-order chi connectivity index (χ1) is 15.8. The van der Waals surface area contributed by atoms with Crippen molar-refractivity contribution in [3.05, 3.63) is 133 Å². The number of aryl methyl sites for hydroxylation is 1. The van der Waals surface area contributed by atoms with Crippen molar-refractivity contribution in [2.75, 3.05) is 5.32 Å². The lowest BCUT2D eigenvalue weighted by atomic mass is 9.94. The van der Waals surface area contributed by atoms with Crippen molar-refractivity contribution in [1.29, 1.82) is 0 Å². The topological polar surface area (TPSA) is 12.0 Å². The zero-order valence-electron chi connectivity index (χ0n) is 18.1. The molecule has 32 heavy (non-hydrogen) atoms. The summed E-state index contributed by atoms with van der Waals surface area (Å²) in [6.45, 7) is 2.14. The molecular formula is C31H25N. The lowest BCUT2D eigenvalue weighted by Crippen LogP contribution is -1.93. The van der Waals surface area contributed by atoms with Crippen LogP contribution in [-0.2, 0) is 0 Å². The van der Waals surface area contributed by atoms with Crippen LogP contribution in [0.1, 0.15) is 5.56 Å². The molecule has 1 N–H and O–H groups in total. The van der Waals surface area contributed by atoms with Crippen molar-refractivity contribution in [2.24, 2.45) is 0 Å². The smallest absolute Gasteiger partial charge is 0.0393 e. The molecule has 1 nitrogen and oxygen atoms in total. The second-order valence-corrected chi connectivity index (χ2v) is 8.07. The maximum absolute atomic E-state index is 3.62. The van der Waals surface area contributed by atoms with E-state index in [4.69, 9.17) is 0 Å². The predicted molar refractivity (Wildman–Crippen MR) is 137 cm³/mol. The molecule has 5 aromatic rings. The van der Waals surface area contributed by atoms with Crippen molar-refractivity contribution >= 4 is 11.4 Å². The maximum atomic E-state index is 3.62. The van der Waals surface area contributed by atoms with Crippen molar-refractivity contribution in [2.45, 2.75) is 6.92 Å². The molecule has 0 bridgehead atoms. The third-order valence-corrected chi connectivity index (χ3v) is 5.66. The number of anilines is 2. The van der Waals surface area contributed by atoms with E-state index in [0.717, 1.165) is 11.4 Å². The molecule has 0 aliphatic heterocycles. The minimum Gasteiger partial charge on any atom is -0.355 e. The average molecular weight is 412 g/mol. The summed E-state index contributed by atoms with van der Waals surface area (Å²) in [6.07, 6.45) is 0. The standard InChI is InChI=1S/C31H25N/c1-23-19-27(24-11-4-2-5-12-24)22-29(20-23)32-28-16-10-15-26(21-28)31-18-9-8-17-30(31)25-13-6-3-7-14-25/h2-22,32H,1H3. The summed E-state index contributed by atoms with van der Waals surface area (Å²) in [7, 11) is 0. The van der Waals surface area contributed by atoms with Gasteiger partial charge in [0.05, 0.1) is 0 Å². The fraction of sp³-hybridized carbons (Fsp3) is 0.0323. The third-order valence-electron chi connectivity index (χ3n) is 5.66. The molecule has 0 saturated carbocycles. The Balaban J connectivity index is 1.49. The van der Waals surface area contributed by atoms with Gasteiger partial charge in [-0.15, -0.1) is 0 Å². The zero-order valence-corrected chi connectivity index (χ0v) is 18.1.